The van der Waals surface area contributed by atoms with Crippen LogP contribution in [0.5, 0.6) is 0 Å². The molecule has 1 unspecified atom stereocenters. The van der Waals surface area contributed by atoms with Gasteiger partial charge in [0.25, 0.3) is 11.8 Å². The van der Waals surface area contributed by atoms with Gasteiger partial charge in [-0.15, -0.1) is 0 Å². The largest absolute Gasteiger partial charge is 0.386 e. The number of fused-ring (bicyclic) bond motifs is 3. The van der Waals surface area contributed by atoms with Crippen molar-refractivity contribution in [2.24, 2.45) is 16.6 Å². The fourth-order valence-corrected chi connectivity index (χ4v) is 7.43. The number of nitriles is 1. The summed E-state index contributed by atoms with van der Waals surface area (Å²) in [6, 6.07) is 13.5. The smallest absolute Gasteiger partial charge is 0.253 e. The Balaban J connectivity index is 1.60. The third kappa shape index (κ3) is 6.13. The van der Waals surface area contributed by atoms with Crippen molar-refractivity contribution in [3.8, 4) is 6.07 Å². The van der Waals surface area contributed by atoms with E-state index in [1.165, 1.54) is 0 Å². The quantitative estimate of drug-likeness (QED) is 0.325. The second kappa shape index (κ2) is 12.9. The van der Waals surface area contributed by atoms with Crippen LogP contribution in [0.1, 0.15) is 83.0 Å². The number of likely N-dealkylation sites (tertiary alicyclic amines) is 1. The second-order valence-corrected chi connectivity index (χ2v) is 13.9. The van der Waals surface area contributed by atoms with Gasteiger partial charge in [-0.05, 0) is 105 Å². The van der Waals surface area contributed by atoms with Crippen molar-refractivity contribution in [3.63, 3.8) is 0 Å². The molecule has 244 valence electrons. The topological polar surface area (TPSA) is 135 Å². The summed E-state index contributed by atoms with van der Waals surface area (Å²) in [7, 11) is 6.96. The first kappa shape index (κ1) is 33.1. The number of carbonyl (C=O) groups excluding carboxylic acids is 3. The molecule has 1 heterocycles. The third-order valence-electron chi connectivity index (χ3n) is 9.69. The van der Waals surface area contributed by atoms with E-state index in [1.54, 1.807) is 42.9 Å². The number of amides is 3. The summed E-state index contributed by atoms with van der Waals surface area (Å²) in [5.41, 5.74) is 11.3. The number of rotatable bonds is 9. The molecule has 3 N–H and O–H groups in total. The number of hydrogen-bond donors (Lipinski definition) is 2. The number of aliphatic imine (C=N–C) groups is 1. The number of nitrogens with zero attached hydrogens (tertiary/aromatic N) is 5. The Bertz CT molecular complexity index is 1530. The lowest BCUT2D eigenvalue weighted by molar-refractivity contribution is -0.131. The molecule has 1 aliphatic heterocycles. The highest BCUT2D eigenvalue weighted by Crippen LogP contribution is 2.48. The standard InChI is InChI=1S/C36H47N7O3/c1-21(2)40-35(38)36(18-22(3)39-20-32(44)43-28(19-37)16-27-17-31(27)43)29-12-10-25(33(45)41(4)5)14-23(29)8-9-24-15-26(11-13-30(24)36)34(46)42(6)7/h10-15,21-22,27-28,31,39H,8-9,16-18,20H2,1-7H3,(H2,38,40)/t22-,27-,28?,31+/m1/s1. The zero-order valence-corrected chi connectivity index (χ0v) is 28.1. The molecule has 1 saturated carbocycles. The predicted octanol–water partition coefficient (Wildman–Crippen LogP) is 3.12. The number of carbonyl (C=O) groups is 3. The van der Waals surface area contributed by atoms with Gasteiger partial charge in [0.15, 0.2) is 0 Å². The second-order valence-electron chi connectivity index (χ2n) is 13.9. The highest BCUT2D eigenvalue weighted by molar-refractivity contribution is 5.99. The SMILES string of the molecule is CC(C)N=C(N)C1(C[C@@H](C)NCC(=O)N2C(C#N)C[C@@H]3C[C@@H]32)c2ccc(C(=O)N(C)C)cc2CCc2cc(C(=O)N(C)C)ccc21. The fraction of sp³-hybridized carbons (Fsp3) is 0.528. The molecule has 1 saturated heterocycles. The maximum Gasteiger partial charge on any atom is 0.253 e. The number of amidine groups is 1. The van der Waals surface area contributed by atoms with E-state index in [2.05, 4.69) is 11.4 Å². The average molecular weight is 626 g/mol. The van der Waals surface area contributed by atoms with E-state index in [9.17, 15) is 19.6 Å². The minimum absolute atomic E-state index is 0.0541. The average Bonchev–Trinajstić information content (AvgIpc) is 3.71. The van der Waals surface area contributed by atoms with Crippen molar-refractivity contribution >= 4 is 23.6 Å². The van der Waals surface area contributed by atoms with Crippen LogP contribution < -0.4 is 11.1 Å². The zero-order valence-electron chi connectivity index (χ0n) is 28.1. The van der Waals surface area contributed by atoms with E-state index in [1.807, 2.05) is 57.2 Å². The van der Waals surface area contributed by atoms with Gasteiger partial charge in [0.05, 0.1) is 18.0 Å². The molecule has 2 fully saturated rings. The van der Waals surface area contributed by atoms with Crippen LogP contribution in [0.3, 0.4) is 0 Å². The van der Waals surface area contributed by atoms with Crippen molar-refractivity contribution in [2.75, 3.05) is 34.7 Å². The van der Waals surface area contributed by atoms with E-state index in [0.29, 0.717) is 42.1 Å². The van der Waals surface area contributed by atoms with Gasteiger partial charge in [0.1, 0.15) is 11.9 Å². The summed E-state index contributed by atoms with van der Waals surface area (Å²) in [6.07, 6.45) is 3.53. The molecule has 3 aliphatic rings. The molecule has 4 atom stereocenters. The Labute approximate surface area is 272 Å². The maximum absolute atomic E-state index is 13.4. The number of aryl methyl sites for hydroxylation is 2. The predicted molar refractivity (Wildman–Crippen MR) is 179 cm³/mol. The van der Waals surface area contributed by atoms with Crippen molar-refractivity contribution in [1.82, 2.24) is 20.0 Å². The molecule has 0 radical (unpaired) electrons. The Morgan fingerprint density at radius 3 is 2.00 bits per heavy atom. The van der Waals surface area contributed by atoms with Crippen molar-refractivity contribution in [3.05, 3.63) is 69.8 Å². The summed E-state index contributed by atoms with van der Waals surface area (Å²) in [6.45, 7) is 6.14. The van der Waals surface area contributed by atoms with Gasteiger partial charge in [-0.2, -0.15) is 5.26 Å². The summed E-state index contributed by atoms with van der Waals surface area (Å²) >= 11 is 0. The van der Waals surface area contributed by atoms with Crippen LogP contribution in [-0.2, 0) is 23.1 Å². The molecule has 5 rings (SSSR count). The summed E-state index contributed by atoms with van der Waals surface area (Å²) in [5.74, 6) is 0.689. The molecular formula is C36H47N7O3. The Morgan fingerprint density at radius 2 is 1.52 bits per heavy atom. The van der Waals surface area contributed by atoms with Gasteiger partial charge >= 0.3 is 0 Å². The lowest BCUT2D eigenvalue weighted by atomic mass is 9.67. The van der Waals surface area contributed by atoms with E-state index < -0.39 is 5.41 Å². The molecule has 0 spiro atoms. The first-order valence-corrected chi connectivity index (χ1v) is 16.3. The van der Waals surface area contributed by atoms with Gasteiger partial charge in [-0.1, -0.05) is 12.1 Å². The third-order valence-corrected chi connectivity index (χ3v) is 9.69. The fourth-order valence-electron chi connectivity index (χ4n) is 7.43. The number of hydrogen-bond acceptors (Lipinski definition) is 6. The van der Waals surface area contributed by atoms with Crippen LogP contribution in [0.2, 0.25) is 0 Å². The normalized spacial score (nSPS) is 21.8. The Morgan fingerprint density at radius 1 is 0.978 bits per heavy atom. The number of piperidine rings is 1. The molecule has 0 bridgehead atoms. The maximum atomic E-state index is 13.4. The molecule has 3 amide bonds. The minimum atomic E-state index is -0.898. The lowest BCUT2D eigenvalue weighted by Gasteiger charge is -2.39. The van der Waals surface area contributed by atoms with Crippen molar-refractivity contribution in [1.29, 1.82) is 5.26 Å². The van der Waals surface area contributed by atoms with E-state index >= 15 is 0 Å². The Hall–Kier alpha value is -4.23. The van der Waals surface area contributed by atoms with E-state index in [0.717, 1.165) is 35.1 Å². The summed E-state index contributed by atoms with van der Waals surface area (Å²) in [4.78, 5) is 49.3. The van der Waals surface area contributed by atoms with E-state index in [-0.39, 0.29) is 48.4 Å². The monoisotopic (exact) mass is 625 g/mol. The zero-order chi connectivity index (χ0) is 33.5. The highest BCUT2D eigenvalue weighted by Gasteiger charge is 2.54. The molecule has 0 aromatic heterocycles. The molecule has 2 aliphatic carbocycles. The molecule has 10 nitrogen and oxygen atoms in total. The van der Waals surface area contributed by atoms with Crippen LogP contribution in [0.25, 0.3) is 0 Å². The number of nitrogens with two attached hydrogens (primary N) is 1. The number of nitrogens with one attached hydrogen (secondary N) is 1. The molecular weight excluding hydrogens is 578 g/mol. The number of benzene rings is 2. The molecule has 2 aromatic rings. The molecule has 10 heteroatoms. The van der Waals surface area contributed by atoms with Crippen LogP contribution in [0.15, 0.2) is 41.4 Å². The summed E-state index contributed by atoms with van der Waals surface area (Å²) < 4.78 is 0. The van der Waals surface area contributed by atoms with Crippen molar-refractivity contribution in [2.45, 2.75) is 82.5 Å². The van der Waals surface area contributed by atoms with Crippen LogP contribution in [0, 0.1) is 17.2 Å². The molecule has 2 aromatic carbocycles. The van der Waals surface area contributed by atoms with Gasteiger partial charge in [-0.25, -0.2) is 0 Å². The first-order valence-electron chi connectivity index (χ1n) is 16.3. The van der Waals surface area contributed by atoms with Gasteiger partial charge < -0.3 is 25.8 Å². The summed E-state index contributed by atoms with van der Waals surface area (Å²) in [5, 5.41) is 13.1. The van der Waals surface area contributed by atoms with Gasteiger partial charge in [0.2, 0.25) is 5.91 Å². The van der Waals surface area contributed by atoms with Gasteiger partial charge in [-0.3, -0.25) is 19.4 Å². The molecule has 46 heavy (non-hydrogen) atoms. The van der Waals surface area contributed by atoms with Crippen LogP contribution >= 0.6 is 0 Å². The van der Waals surface area contributed by atoms with Crippen LogP contribution in [-0.4, -0.2) is 97.2 Å². The van der Waals surface area contributed by atoms with Gasteiger partial charge in [0, 0.05) is 57.4 Å². The van der Waals surface area contributed by atoms with E-state index in [4.69, 9.17) is 10.7 Å². The first-order chi connectivity index (χ1) is 21.8. The lowest BCUT2D eigenvalue weighted by Crippen LogP contribution is -2.50. The minimum Gasteiger partial charge on any atom is -0.386 e. The van der Waals surface area contributed by atoms with Crippen molar-refractivity contribution < 1.29 is 14.4 Å². The van der Waals surface area contributed by atoms with Crippen LogP contribution in [0.4, 0.5) is 0 Å². The highest BCUT2D eigenvalue weighted by atomic mass is 16.2. The Kier molecular flexibility index (Phi) is 9.28.